The third-order valence-corrected chi connectivity index (χ3v) is 8.55. The molecule has 1 unspecified atom stereocenters. The minimum absolute atomic E-state index is 0.0646. The van der Waals surface area contributed by atoms with E-state index in [1.54, 1.807) is 6.92 Å². The highest BCUT2D eigenvalue weighted by Gasteiger charge is 2.37. The van der Waals surface area contributed by atoms with Crippen molar-refractivity contribution in [1.29, 1.82) is 0 Å². The number of nitrogens with zero attached hydrogens (tertiary/aromatic N) is 1. The lowest BCUT2D eigenvalue weighted by Gasteiger charge is -2.31. The number of ether oxygens (including phenoxy) is 1. The van der Waals surface area contributed by atoms with Gasteiger partial charge in [0.05, 0.1) is 18.9 Å². The number of amides is 1. The van der Waals surface area contributed by atoms with Crippen LogP contribution in [0.25, 0.3) is 0 Å². The molecule has 0 radical (unpaired) electrons. The van der Waals surface area contributed by atoms with Crippen molar-refractivity contribution < 1.29 is 17.9 Å². The highest BCUT2D eigenvalue weighted by Crippen LogP contribution is 2.27. The first-order valence-corrected chi connectivity index (χ1v) is 14.6. The zero-order valence-electron chi connectivity index (χ0n) is 16.3. The van der Waals surface area contributed by atoms with Crippen LogP contribution in [0.1, 0.15) is 12.5 Å². The monoisotopic (exact) mass is 451 g/mol. The van der Waals surface area contributed by atoms with Gasteiger partial charge in [-0.3, -0.25) is 0 Å². The number of methoxy groups -OCH3 is 1. The van der Waals surface area contributed by atoms with E-state index >= 15 is 0 Å². The number of benzene rings is 1. The van der Waals surface area contributed by atoms with Gasteiger partial charge in [0.1, 0.15) is 4.49 Å². The van der Waals surface area contributed by atoms with E-state index in [0.717, 1.165) is 17.0 Å². The zero-order chi connectivity index (χ0) is 20.8. The van der Waals surface area contributed by atoms with Gasteiger partial charge in [-0.1, -0.05) is 73.2 Å². The largest absolute Gasteiger partial charge is 0.452 e. The average Bonchev–Trinajstić information content (AvgIpc) is 2.58. The van der Waals surface area contributed by atoms with Gasteiger partial charge < -0.3 is 4.74 Å². The van der Waals surface area contributed by atoms with Crippen LogP contribution in [0.3, 0.4) is 0 Å². The van der Waals surface area contributed by atoms with Gasteiger partial charge in [0.2, 0.25) is 10.0 Å². The van der Waals surface area contributed by atoms with Crippen LogP contribution >= 0.6 is 23.2 Å². The van der Waals surface area contributed by atoms with Crippen LogP contribution in [-0.2, 0) is 21.2 Å². The molecule has 0 saturated heterocycles. The molecular formula is C18H27Cl2NO4SSi. The molecule has 1 atom stereocenters. The van der Waals surface area contributed by atoms with Gasteiger partial charge in [0, 0.05) is 8.07 Å². The van der Waals surface area contributed by atoms with E-state index in [4.69, 9.17) is 27.9 Å². The summed E-state index contributed by atoms with van der Waals surface area (Å²) in [6, 6.07) is 8.92. The molecular weight excluding hydrogens is 425 g/mol. The number of carbonyl (C=O) groups is 1. The van der Waals surface area contributed by atoms with Gasteiger partial charge in [-0.05, 0) is 30.5 Å². The van der Waals surface area contributed by atoms with Crippen molar-refractivity contribution in [2.24, 2.45) is 0 Å². The summed E-state index contributed by atoms with van der Waals surface area (Å²) in [6.07, 6.45) is -0.697. The van der Waals surface area contributed by atoms with E-state index < -0.39 is 30.2 Å². The Balaban J connectivity index is 3.39. The van der Waals surface area contributed by atoms with Crippen LogP contribution in [0.5, 0.6) is 0 Å². The number of sulfonamides is 1. The first-order chi connectivity index (χ1) is 12.4. The second-order valence-corrected chi connectivity index (χ2v) is 16.1. The summed E-state index contributed by atoms with van der Waals surface area (Å²) >= 11 is 11.9. The fraction of sp³-hybridized carbons (Fsp3) is 0.500. The topological polar surface area (TPSA) is 63.7 Å². The molecule has 0 heterocycles. The maximum absolute atomic E-state index is 13.1. The van der Waals surface area contributed by atoms with E-state index in [-0.39, 0.29) is 16.7 Å². The Morgan fingerprint density at radius 3 is 2.19 bits per heavy atom. The van der Waals surface area contributed by atoms with Crippen LogP contribution in [0.15, 0.2) is 40.4 Å². The minimum Gasteiger partial charge on any atom is -0.452 e. The Morgan fingerprint density at radius 2 is 1.74 bits per heavy atom. The smallest absolute Gasteiger partial charge is 0.423 e. The Bertz CT molecular complexity index is 772. The second-order valence-electron chi connectivity index (χ2n) is 7.54. The normalized spacial score (nSPS) is 13.0. The maximum Gasteiger partial charge on any atom is 0.423 e. The lowest BCUT2D eigenvalue weighted by atomic mass is 10.0. The summed E-state index contributed by atoms with van der Waals surface area (Å²) in [5, 5.41) is 0. The SMILES string of the molecule is COC(=O)N(C(Cc1ccccc1)C(C)=C(Cl)Cl)S(=O)(=O)CC[Si](C)(C)C. The highest BCUT2D eigenvalue weighted by molar-refractivity contribution is 7.89. The lowest BCUT2D eigenvalue weighted by Crippen LogP contribution is -2.48. The zero-order valence-corrected chi connectivity index (χ0v) is 19.7. The van der Waals surface area contributed by atoms with Gasteiger partial charge in [-0.2, -0.15) is 4.31 Å². The van der Waals surface area contributed by atoms with E-state index in [1.165, 1.54) is 0 Å². The Labute approximate surface area is 173 Å². The first kappa shape index (κ1) is 24.0. The van der Waals surface area contributed by atoms with Crippen molar-refractivity contribution in [3.63, 3.8) is 0 Å². The van der Waals surface area contributed by atoms with Gasteiger partial charge >= 0.3 is 6.09 Å². The summed E-state index contributed by atoms with van der Waals surface area (Å²) in [7, 11) is -4.40. The van der Waals surface area contributed by atoms with Crippen molar-refractivity contribution in [3.05, 3.63) is 46.0 Å². The minimum atomic E-state index is -3.92. The molecule has 0 aliphatic heterocycles. The number of hydrogen-bond acceptors (Lipinski definition) is 4. The molecule has 152 valence electrons. The molecule has 0 saturated carbocycles. The van der Waals surface area contributed by atoms with Crippen molar-refractivity contribution in [2.45, 2.75) is 45.1 Å². The predicted molar refractivity (Wildman–Crippen MR) is 115 cm³/mol. The molecule has 0 fully saturated rings. The second kappa shape index (κ2) is 9.96. The first-order valence-electron chi connectivity index (χ1n) is 8.55. The summed E-state index contributed by atoms with van der Waals surface area (Å²) < 4.78 is 31.7. The number of rotatable bonds is 8. The van der Waals surface area contributed by atoms with Crippen LogP contribution < -0.4 is 0 Å². The van der Waals surface area contributed by atoms with Crippen molar-refractivity contribution in [1.82, 2.24) is 4.31 Å². The Kier molecular flexibility index (Phi) is 8.86. The van der Waals surface area contributed by atoms with Crippen LogP contribution in [0.4, 0.5) is 4.79 Å². The standard InChI is InChI=1S/C18H27Cl2NO4SSi/c1-14(17(19)20)16(13-15-9-7-6-8-10-15)21(18(22)25-2)26(23,24)11-12-27(3,4)5/h6-10,16H,11-13H2,1-5H3. The van der Waals surface area contributed by atoms with Gasteiger partial charge in [-0.25, -0.2) is 13.2 Å². The molecule has 5 nitrogen and oxygen atoms in total. The molecule has 1 aromatic carbocycles. The molecule has 0 aliphatic carbocycles. The highest BCUT2D eigenvalue weighted by atomic mass is 35.5. The average molecular weight is 452 g/mol. The molecule has 0 aromatic heterocycles. The fourth-order valence-corrected chi connectivity index (χ4v) is 7.29. The van der Waals surface area contributed by atoms with E-state index in [2.05, 4.69) is 19.6 Å². The molecule has 0 N–H and O–H groups in total. The van der Waals surface area contributed by atoms with Crippen molar-refractivity contribution in [3.8, 4) is 0 Å². The maximum atomic E-state index is 13.1. The number of halogens is 2. The summed E-state index contributed by atoms with van der Waals surface area (Å²) in [6.45, 7) is 7.85. The summed E-state index contributed by atoms with van der Waals surface area (Å²) in [5.41, 5.74) is 1.25. The molecule has 9 heteroatoms. The van der Waals surface area contributed by atoms with Crippen molar-refractivity contribution in [2.75, 3.05) is 12.9 Å². The summed E-state index contributed by atoms with van der Waals surface area (Å²) in [4.78, 5) is 12.5. The van der Waals surface area contributed by atoms with Gasteiger partial charge in [-0.15, -0.1) is 0 Å². The molecule has 0 bridgehead atoms. The predicted octanol–water partition coefficient (Wildman–Crippen LogP) is 5.04. The molecule has 27 heavy (non-hydrogen) atoms. The van der Waals surface area contributed by atoms with Crippen LogP contribution in [0, 0.1) is 0 Å². The summed E-state index contributed by atoms with van der Waals surface area (Å²) in [5.74, 6) is -0.129. The quantitative estimate of drug-likeness (QED) is 0.518. The van der Waals surface area contributed by atoms with E-state index in [9.17, 15) is 13.2 Å². The number of hydrogen-bond donors (Lipinski definition) is 0. The fourth-order valence-electron chi connectivity index (χ4n) is 2.43. The molecule has 1 aromatic rings. The Hall–Kier alpha value is -1.02. The lowest BCUT2D eigenvalue weighted by molar-refractivity contribution is 0.142. The van der Waals surface area contributed by atoms with Crippen molar-refractivity contribution >= 4 is 47.4 Å². The molecule has 1 rings (SSSR count). The van der Waals surface area contributed by atoms with E-state index in [0.29, 0.717) is 11.6 Å². The Morgan fingerprint density at radius 1 is 1.19 bits per heavy atom. The van der Waals surface area contributed by atoms with Gasteiger partial charge in [0.25, 0.3) is 0 Å². The molecule has 1 amide bonds. The molecule has 0 aliphatic rings. The van der Waals surface area contributed by atoms with E-state index in [1.807, 2.05) is 30.3 Å². The van der Waals surface area contributed by atoms with Crippen LogP contribution in [-0.4, -0.2) is 45.8 Å². The third kappa shape index (κ3) is 7.48. The van der Waals surface area contributed by atoms with Crippen LogP contribution in [0.2, 0.25) is 25.7 Å². The van der Waals surface area contributed by atoms with Gasteiger partial charge in [0.15, 0.2) is 0 Å². The molecule has 0 spiro atoms. The number of carbonyl (C=O) groups excluding carboxylic acids is 1. The third-order valence-electron chi connectivity index (χ3n) is 4.12.